The van der Waals surface area contributed by atoms with E-state index in [1.54, 1.807) is 0 Å². The van der Waals surface area contributed by atoms with E-state index in [0.29, 0.717) is 43.5 Å². The predicted octanol–water partition coefficient (Wildman–Crippen LogP) is 3.10. The van der Waals surface area contributed by atoms with Crippen LogP contribution >= 0.6 is 0 Å². The first-order valence-electron chi connectivity index (χ1n) is 10.2. The minimum Gasteiger partial charge on any atom is -0.351 e. The van der Waals surface area contributed by atoms with Crippen LogP contribution in [0.4, 0.5) is 0 Å². The molecule has 4 aromatic rings. The number of rotatable bonds is 5. The fraction of sp³-hybridized carbons (Fsp3) is 0.261. The highest BCUT2D eigenvalue weighted by atomic mass is 16.5. The van der Waals surface area contributed by atoms with Gasteiger partial charge < -0.3 is 14.4 Å². The first kappa shape index (κ1) is 18.6. The van der Waals surface area contributed by atoms with Crippen molar-refractivity contribution in [3.05, 3.63) is 83.6 Å². The molecule has 1 aliphatic heterocycles. The standard InChI is InChI=1S/C23H23N5O2/c29-23(20-15-18-8-4-5-9-19(18)24-20)28-12-10-27(11-13-28)16-22-25-21(26-30-22)14-17-6-2-1-3-7-17/h1-9,15,24H,10-14,16H2. The van der Waals surface area contributed by atoms with Crippen molar-refractivity contribution in [2.45, 2.75) is 13.0 Å². The van der Waals surface area contributed by atoms with E-state index >= 15 is 0 Å². The van der Waals surface area contributed by atoms with E-state index in [4.69, 9.17) is 4.52 Å². The summed E-state index contributed by atoms with van der Waals surface area (Å²) in [5.74, 6) is 1.37. The highest BCUT2D eigenvalue weighted by Crippen LogP contribution is 2.17. The molecule has 0 aliphatic carbocycles. The van der Waals surface area contributed by atoms with E-state index in [1.165, 1.54) is 0 Å². The molecule has 0 unspecified atom stereocenters. The van der Waals surface area contributed by atoms with Crippen LogP contribution in [0.1, 0.15) is 27.8 Å². The van der Waals surface area contributed by atoms with Crippen molar-refractivity contribution in [2.24, 2.45) is 0 Å². The van der Waals surface area contributed by atoms with Crippen LogP contribution in [0.2, 0.25) is 0 Å². The molecule has 2 aromatic heterocycles. The Bertz CT molecular complexity index is 1110. The van der Waals surface area contributed by atoms with Crippen LogP contribution < -0.4 is 0 Å². The van der Waals surface area contributed by atoms with Crippen molar-refractivity contribution in [1.29, 1.82) is 0 Å². The summed E-state index contributed by atoms with van der Waals surface area (Å²) >= 11 is 0. The lowest BCUT2D eigenvalue weighted by Crippen LogP contribution is -2.48. The topological polar surface area (TPSA) is 78.3 Å². The first-order chi connectivity index (χ1) is 14.7. The fourth-order valence-corrected chi connectivity index (χ4v) is 3.86. The number of benzene rings is 2. The number of aromatic amines is 1. The molecule has 1 amide bonds. The van der Waals surface area contributed by atoms with Gasteiger partial charge in [0, 0.05) is 43.5 Å². The zero-order valence-corrected chi connectivity index (χ0v) is 16.6. The number of hydrogen-bond donors (Lipinski definition) is 1. The maximum atomic E-state index is 12.8. The molecule has 1 fully saturated rings. The molecule has 152 valence electrons. The van der Waals surface area contributed by atoms with Gasteiger partial charge in [-0.2, -0.15) is 4.98 Å². The summed E-state index contributed by atoms with van der Waals surface area (Å²) in [6, 6.07) is 20.0. The SMILES string of the molecule is O=C(c1cc2ccccc2[nH]1)N1CCN(Cc2nc(Cc3ccccc3)no2)CC1. The number of fused-ring (bicyclic) bond motifs is 1. The Kier molecular flexibility index (Phi) is 5.03. The Morgan fingerprint density at radius 1 is 1.00 bits per heavy atom. The molecule has 0 saturated carbocycles. The number of para-hydroxylation sites is 1. The van der Waals surface area contributed by atoms with E-state index in [0.717, 1.165) is 29.6 Å². The number of aromatic nitrogens is 3. The zero-order chi connectivity index (χ0) is 20.3. The maximum Gasteiger partial charge on any atom is 0.270 e. The van der Waals surface area contributed by atoms with Gasteiger partial charge in [-0.15, -0.1) is 0 Å². The van der Waals surface area contributed by atoms with E-state index in [9.17, 15) is 4.79 Å². The molecule has 3 heterocycles. The van der Waals surface area contributed by atoms with Gasteiger partial charge in [-0.05, 0) is 17.7 Å². The first-order valence-corrected chi connectivity index (χ1v) is 10.2. The number of carbonyl (C=O) groups excluding carboxylic acids is 1. The molecule has 1 N–H and O–H groups in total. The number of amides is 1. The number of nitrogens with one attached hydrogen (secondary N) is 1. The van der Waals surface area contributed by atoms with Crippen molar-refractivity contribution in [3.63, 3.8) is 0 Å². The summed E-state index contributed by atoms with van der Waals surface area (Å²) in [6.07, 6.45) is 0.664. The van der Waals surface area contributed by atoms with Crippen molar-refractivity contribution < 1.29 is 9.32 Å². The highest BCUT2D eigenvalue weighted by Gasteiger charge is 2.24. The van der Waals surface area contributed by atoms with Gasteiger partial charge >= 0.3 is 0 Å². The lowest BCUT2D eigenvalue weighted by Gasteiger charge is -2.33. The van der Waals surface area contributed by atoms with Crippen LogP contribution in [-0.2, 0) is 13.0 Å². The van der Waals surface area contributed by atoms with Crippen molar-refractivity contribution in [3.8, 4) is 0 Å². The second kappa shape index (κ2) is 8.12. The van der Waals surface area contributed by atoms with Crippen LogP contribution in [0.3, 0.4) is 0 Å². The molecule has 1 saturated heterocycles. The van der Waals surface area contributed by atoms with E-state index in [-0.39, 0.29) is 5.91 Å². The normalized spacial score (nSPS) is 15.0. The van der Waals surface area contributed by atoms with Crippen LogP contribution in [0.15, 0.2) is 65.2 Å². The third-order valence-electron chi connectivity index (χ3n) is 5.49. The van der Waals surface area contributed by atoms with Gasteiger partial charge in [0.25, 0.3) is 5.91 Å². The number of H-pyrrole nitrogens is 1. The molecule has 0 radical (unpaired) electrons. The molecule has 0 atom stereocenters. The lowest BCUT2D eigenvalue weighted by atomic mass is 10.1. The fourth-order valence-electron chi connectivity index (χ4n) is 3.86. The molecule has 7 heteroatoms. The molecule has 1 aliphatic rings. The quantitative estimate of drug-likeness (QED) is 0.556. The number of carbonyl (C=O) groups is 1. The van der Waals surface area contributed by atoms with Crippen LogP contribution in [0.25, 0.3) is 10.9 Å². The van der Waals surface area contributed by atoms with Gasteiger partial charge in [0.05, 0.1) is 6.54 Å². The van der Waals surface area contributed by atoms with Crippen LogP contribution in [0, 0.1) is 0 Å². The summed E-state index contributed by atoms with van der Waals surface area (Å²) in [5.41, 5.74) is 2.79. The molecular formula is C23H23N5O2. The van der Waals surface area contributed by atoms with Gasteiger partial charge in [0.2, 0.25) is 5.89 Å². The second-order valence-electron chi connectivity index (χ2n) is 7.61. The summed E-state index contributed by atoms with van der Waals surface area (Å²) < 4.78 is 5.43. The Morgan fingerprint density at radius 3 is 2.57 bits per heavy atom. The van der Waals surface area contributed by atoms with E-state index < -0.39 is 0 Å². The maximum absolute atomic E-state index is 12.8. The Labute approximate surface area is 174 Å². The Balaban J connectivity index is 1.16. The van der Waals surface area contributed by atoms with Crippen molar-refractivity contribution >= 4 is 16.8 Å². The van der Waals surface area contributed by atoms with Gasteiger partial charge in [0.1, 0.15) is 5.69 Å². The smallest absolute Gasteiger partial charge is 0.270 e. The average molecular weight is 401 g/mol. The monoisotopic (exact) mass is 401 g/mol. The molecule has 5 rings (SSSR count). The van der Waals surface area contributed by atoms with Crippen molar-refractivity contribution in [1.82, 2.24) is 24.9 Å². The van der Waals surface area contributed by atoms with Gasteiger partial charge in [-0.3, -0.25) is 9.69 Å². The van der Waals surface area contributed by atoms with E-state index in [2.05, 4.69) is 32.2 Å². The highest BCUT2D eigenvalue weighted by molar-refractivity contribution is 5.98. The van der Waals surface area contributed by atoms with Gasteiger partial charge in [0.15, 0.2) is 5.82 Å². The average Bonchev–Trinajstić information content (AvgIpc) is 3.41. The predicted molar refractivity (Wildman–Crippen MR) is 113 cm³/mol. The molecule has 7 nitrogen and oxygen atoms in total. The molecule has 0 bridgehead atoms. The second-order valence-corrected chi connectivity index (χ2v) is 7.61. The number of nitrogens with zero attached hydrogens (tertiary/aromatic N) is 4. The third-order valence-corrected chi connectivity index (χ3v) is 5.49. The van der Waals surface area contributed by atoms with Gasteiger partial charge in [-0.1, -0.05) is 53.7 Å². The minimum absolute atomic E-state index is 0.0498. The largest absolute Gasteiger partial charge is 0.351 e. The van der Waals surface area contributed by atoms with Crippen LogP contribution in [-0.4, -0.2) is 57.0 Å². The summed E-state index contributed by atoms with van der Waals surface area (Å²) in [7, 11) is 0. The Hall–Kier alpha value is -3.45. The molecule has 2 aromatic carbocycles. The number of piperazine rings is 1. The molecular weight excluding hydrogens is 378 g/mol. The number of hydrogen-bond acceptors (Lipinski definition) is 5. The summed E-state index contributed by atoms with van der Waals surface area (Å²) in [6.45, 7) is 3.53. The van der Waals surface area contributed by atoms with Gasteiger partial charge in [-0.25, -0.2) is 0 Å². The lowest BCUT2D eigenvalue weighted by molar-refractivity contribution is 0.0610. The Morgan fingerprint density at radius 2 is 1.77 bits per heavy atom. The molecule has 30 heavy (non-hydrogen) atoms. The minimum atomic E-state index is 0.0498. The van der Waals surface area contributed by atoms with Crippen LogP contribution in [0.5, 0.6) is 0 Å². The third kappa shape index (κ3) is 3.97. The molecule has 0 spiro atoms. The summed E-state index contributed by atoms with van der Waals surface area (Å²) in [5, 5.41) is 5.16. The van der Waals surface area contributed by atoms with E-state index in [1.807, 2.05) is 53.4 Å². The summed E-state index contributed by atoms with van der Waals surface area (Å²) in [4.78, 5) is 24.7. The van der Waals surface area contributed by atoms with Crippen molar-refractivity contribution in [2.75, 3.05) is 26.2 Å². The zero-order valence-electron chi connectivity index (χ0n) is 16.6.